The van der Waals surface area contributed by atoms with Gasteiger partial charge in [-0.15, -0.1) is 20.5 Å². The molecule has 13 heteroatoms. The number of carbonyl (C=O) groups is 1. The highest BCUT2D eigenvalue weighted by Gasteiger charge is 2.14. The first-order chi connectivity index (χ1) is 20.9. The van der Waals surface area contributed by atoms with Gasteiger partial charge in [-0.2, -0.15) is 0 Å². The average molecular weight is 590 g/mol. The summed E-state index contributed by atoms with van der Waals surface area (Å²) in [4.78, 5) is 11.4. The molecule has 4 aromatic rings. The number of hydrogen-bond donors (Lipinski definition) is 4. The van der Waals surface area contributed by atoms with Crippen LogP contribution in [0, 0.1) is 0 Å². The molecule has 0 radical (unpaired) electrons. The standard InChI is InChI=1S/C30H31N5O8/c1-18(38)31-20-5-7-22-19(14-20)4-8-24(30(22)39)33-35-26-17-27(40-2)25(16-28(26)41-3)34-32-23-9-6-21(42-12-10-36)15-29(23)43-13-11-37/h4-9,14-17,36-37,39H,10-13H2,1-3H3,(H,31,38). The van der Waals surface area contributed by atoms with Gasteiger partial charge in [-0.3, -0.25) is 4.79 Å². The fourth-order valence-corrected chi connectivity index (χ4v) is 4.00. The Kier molecular flexibility index (Phi) is 10.4. The van der Waals surface area contributed by atoms with E-state index in [0.29, 0.717) is 56.5 Å². The molecule has 0 spiro atoms. The molecule has 0 atom stereocenters. The number of fused-ring (bicyclic) bond motifs is 1. The molecule has 4 rings (SSSR count). The predicted octanol–water partition coefficient (Wildman–Crippen LogP) is 6.09. The first-order valence-corrected chi connectivity index (χ1v) is 13.1. The molecule has 43 heavy (non-hydrogen) atoms. The molecular formula is C30H31N5O8. The number of benzene rings is 4. The van der Waals surface area contributed by atoms with Crippen molar-refractivity contribution in [1.82, 2.24) is 0 Å². The third kappa shape index (κ3) is 7.72. The number of amides is 1. The Morgan fingerprint density at radius 3 is 1.95 bits per heavy atom. The fraction of sp³-hybridized carbons (Fsp3) is 0.233. The Bertz CT molecular complexity index is 1660. The number of aromatic hydroxyl groups is 1. The summed E-state index contributed by atoms with van der Waals surface area (Å²) in [5.74, 6) is 1.17. The Morgan fingerprint density at radius 2 is 1.33 bits per heavy atom. The van der Waals surface area contributed by atoms with Crippen LogP contribution in [0.3, 0.4) is 0 Å². The topological polar surface area (TPSA) is 176 Å². The quantitative estimate of drug-likeness (QED) is 0.135. The summed E-state index contributed by atoms with van der Waals surface area (Å²) < 4.78 is 22.0. The van der Waals surface area contributed by atoms with Crippen LogP contribution in [0.2, 0.25) is 0 Å². The molecule has 4 N–H and O–H groups in total. The Labute approximate surface area is 247 Å². The lowest BCUT2D eigenvalue weighted by Gasteiger charge is -2.11. The van der Waals surface area contributed by atoms with Crippen molar-refractivity contribution in [3.63, 3.8) is 0 Å². The molecule has 4 aromatic carbocycles. The molecule has 0 aliphatic rings. The summed E-state index contributed by atoms with van der Waals surface area (Å²) in [6, 6.07) is 16.5. The molecule has 1 amide bonds. The zero-order valence-electron chi connectivity index (χ0n) is 23.8. The highest BCUT2D eigenvalue weighted by Crippen LogP contribution is 2.43. The molecule has 0 fully saturated rings. The van der Waals surface area contributed by atoms with Crippen molar-refractivity contribution in [2.75, 3.05) is 46.0 Å². The van der Waals surface area contributed by atoms with Crippen molar-refractivity contribution in [2.24, 2.45) is 20.5 Å². The number of aliphatic hydroxyl groups excluding tert-OH is 2. The second kappa shape index (κ2) is 14.6. The maximum atomic E-state index is 11.4. The van der Waals surface area contributed by atoms with Gasteiger partial charge in [-0.25, -0.2) is 0 Å². The van der Waals surface area contributed by atoms with E-state index in [9.17, 15) is 15.0 Å². The van der Waals surface area contributed by atoms with Crippen LogP contribution in [0.1, 0.15) is 6.92 Å². The highest BCUT2D eigenvalue weighted by atomic mass is 16.5. The SMILES string of the molecule is COc1cc(N=Nc2ccc3cc(NC(C)=O)ccc3c2O)c(OC)cc1N=Nc1ccc(OCCO)cc1OCCO. The molecule has 13 nitrogen and oxygen atoms in total. The van der Waals surface area contributed by atoms with Gasteiger partial charge in [0.1, 0.15) is 53.2 Å². The van der Waals surface area contributed by atoms with Crippen LogP contribution in [-0.2, 0) is 4.79 Å². The molecular weight excluding hydrogens is 558 g/mol. The number of phenolic OH excluding ortho intramolecular Hbond substituents is 1. The van der Waals surface area contributed by atoms with Gasteiger partial charge in [0.25, 0.3) is 0 Å². The number of methoxy groups -OCH3 is 2. The Morgan fingerprint density at radius 1 is 0.721 bits per heavy atom. The molecule has 0 saturated carbocycles. The second-order valence-corrected chi connectivity index (χ2v) is 8.92. The van der Waals surface area contributed by atoms with E-state index in [1.165, 1.54) is 21.1 Å². The van der Waals surface area contributed by atoms with Crippen LogP contribution in [0.5, 0.6) is 28.7 Å². The van der Waals surface area contributed by atoms with Gasteiger partial charge < -0.3 is 39.6 Å². The molecule has 0 aliphatic heterocycles. The second-order valence-electron chi connectivity index (χ2n) is 8.92. The summed E-state index contributed by atoms with van der Waals surface area (Å²) >= 11 is 0. The number of phenols is 1. The summed E-state index contributed by atoms with van der Waals surface area (Å²) in [6.45, 7) is 1.23. The Balaban J connectivity index is 1.62. The molecule has 0 heterocycles. The Hall–Kier alpha value is -5.27. The maximum absolute atomic E-state index is 11.4. The molecule has 0 bridgehead atoms. The smallest absolute Gasteiger partial charge is 0.221 e. The number of rotatable bonds is 13. The summed E-state index contributed by atoms with van der Waals surface area (Å²) in [6.07, 6.45) is 0. The lowest BCUT2D eigenvalue weighted by atomic mass is 10.1. The van der Waals surface area contributed by atoms with E-state index in [1.54, 1.807) is 60.7 Å². The number of hydrogen-bond acceptors (Lipinski definition) is 12. The van der Waals surface area contributed by atoms with Crippen LogP contribution in [-0.4, -0.2) is 61.9 Å². The molecule has 0 unspecified atom stereocenters. The number of nitrogens with zero attached hydrogens (tertiary/aromatic N) is 4. The monoisotopic (exact) mass is 589 g/mol. The third-order valence-corrected chi connectivity index (χ3v) is 5.94. The number of nitrogens with one attached hydrogen (secondary N) is 1. The van der Waals surface area contributed by atoms with Gasteiger partial charge in [0, 0.05) is 36.2 Å². The van der Waals surface area contributed by atoms with E-state index >= 15 is 0 Å². The summed E-state index contributed by atoms with van der Waals surface area (Å²) in [5.41, 5.74) is 1.85. The largest absolute Gasteiger partial charge is 0.505 e. The van der Waals surface area contributed by atoms with Crippen LogP contribution < -0.4 is 24.3 Å². The molecule has 0 saturated heterocycles. The number of carbonyl (C=O) groups excluding carboxylic acids is 1. The minimum atomic E-state index is -0.199. The van der Waals surface area contributed by atoms with Crippen LogP contribution in [0.15, 0.2) is 81.1 Å². The number of anilines is 1. The van der Waals surface area contributed by atoms with Crippen molar-refractivity contribution in [3.8, 4) is 28.7 Å². The van der Waals surface area contributed by atoms with E-state index in [0.717, 1.165) is 0 Å². The van der Waals surface area contributed by atoms with Gasteiger partial charge in [0.2, 0.25) is 5.91 Å². The third-order valence-electron chi connectivity index (χ3n) is 5.94. The van der Waals surface area contributed by atoms with Gasteiger partial charge in [0.15, 0.2) is 11.5 Å². The highest BCUT2D eigenvalue weighted by molar-refractivity contribution is 5.97. The minimum Gasteiger partial charge on any atom is -0.505 e. The van der Waals surface area contributed by atoms with E-state index < -0.39 is 0 Å². The van der Waals surface area contributed by atoms with Gasteiger partial charge in [0.05, 0.1) is 27.4 Å². The van der Waals surface area contributed by atoms with Gasteiger partial charge >= 0.3 is 0 Å². The zero-order chi connectivity index (χ0) is 30.8. The predicted molar refractivity (Wildman–Crippen MR) is 159 cm³/mol. The van der Waals surface area contributed by atoms with Gasteiger partial charge in [-0.05, 0) is 41.8 Å². The van der Waals surface area contributed by atoms with Gasteiger partial charge in [-0.1, -0.05) is 6.07 Å². The molecule has 0 aliphatic carbocycles. The maximum Gasteiger partial charge on any atom is 0.221 e. The van der Waals surface area contributed by atoms with Crippen LogP contribution >= 0.6 is 0 Å². The van der Waals surface area contributed by atoms with Crippen molar-refractivity contribution in [3.05, 3.63) is 60.7 Å². The molecule has 0 aromatic heterocycles. The zero-order valence-corrected chi connectivity index (χ0v) is 23.8. The van der Waals surface area contributed by atoms with Crippen molar-refractivity contribution >= 4 is 45.1 Å². The molecule has 224 valence electrons. The summed E-state index contributed by atoms with van der Waals surface area (Å²) in [7, 11) is 2.93. The number of azo groups is 2. The van der Waals surface area contributed by atoms with Crippen molar-refractivity contribution < 1.29 is 39.1 Å². The van der Waals surface area contributed by atoms with Crippen LogP contribution in [0.4, 0.5) is 28.4 Å². The minimum absolute atomic E-state index is 0.0354. The number of ether oxygens (including phenoxy) is 4. The number of aliphatic hydroxyl groups is 2. The fourth-order valence-electron chi connectivity index (χ4n) is 4.00. The van der Waals surface area contributed by atoms with E-state index in [4.69, 9.17) is 24.1 Å². The van der Waals surface area contributed by atoms with E-state index in [-0.39, 0.29) is 43.8 Å². The normalized spacial score (nSPS) is 11.3. The van der Waals surface area contributed by atoms with Crippen LogP contribution in [0.25, 0.3) is 10.8 Å². The van der Waals surface area contributed by atoms with Crippen molar-refractivity contribution in [1.29, 1.82) is 0 Å². The van der Waals surface area contributed by atoms with Crippen molar-refractivity contribution in [2.45, 2.75) is 6.92 Å². The first kappa shape index (κ1) is 30.7. The van der Waals surface area contributed by atoms with E-state index in [2.05, 4.69) is 25.8 Å². The lowest BCUT2D eigenvalue weighted by Crippen LogP contribution is -2.05. The lowest BCUT2D eigenvalue weighted by molar-refractivity contribution is -0.114. The first-order valence-electron chi connectivity index (χ1n) is 13.1. The summed E-state index contributed by atoms with van der Waals surface area (Å²) in [5, 5.41) is 50.1. The van der Waals surface area contributed by atoms with E-state index in [1.807, 2.05) is 0 Å². The average Bonchev–Trinajstić information content (AvgIpc) is 3.01.